The Labute approximate surface area is 216 Å². The molecule has 39 heavy (non-hydrogen) atoms. The smallest absolute Gasteiger partial charge is 0.428 e. The largest absolute Gasteiger partial charge is 0.461 e. The molecule has 0 aromatic heterocycles. The standard InChI is InChI=1S/C26H20F8N2O3/c27-20-10-19(11-21(12-20)39-26(33,34)22(28)29)24(13-16-4-2-1-3-5-16,18-8-6-17(14-37)7-9-18)36-23(38)35-15-25(30,31)32/h1-12,14,22H,13,15H2,(H2,35,36,38). The van der Waals surface area contributed by atoms with Gasteiger partial charge in [-0.05, 0) is 28.8 Å². The third kappa shape index (κ3) is 7.68. The van der Waals surface area contributed by atoms with Crippen molar-refractivity contribution >= 4 is 12.3 Å². The zero-order valence-electron chi connectivity index (χ0n) is 19.7. The van der Waals surface area contributed by atoms with E-state index in [-0.39, 0.29) is 23.1 Å². The second-order valence-electron chi connectivity index (χ2n) is 8.37. The second-order valence-corrected chi connectivity index (χ2v) is 8.37. The number of ether oxygens (including phenoxy) is 1. The summed E-state index contributed by atoms with van der Waals surface area (Å²) in [6.45, 7) is -1.73. The molecule has 0 radical (unpaired) electrons. The van der Waals surface area contributed by atoms with E-state index in [1.54, 1.807) is 35.6 Å². The molecule has 3 rings (SSSR count). The molecule has 2 amide bonds. The number of aldehydes is 1. The lowest BCUT2D eigenvalue weighted by Crippen LogP contribution is -2.53. The van der Waals surface area contributed by atoms with Crippen LogP contribution >= 0.6 is 0 Å². The van der Waals surface area contributed by atoms with Crippen molar-refractivity contribution in [1.82, 2.24) is 10.6 Å². The van der Waals surface area contributed by atoms with Gasteiger partial charge in [0.25, 0.3) is 0 Å². The van der Waals surface area contributed by atoms with Crippen molar-refractivity contribution in [2.45, 2.75) is 30.7 Å². The van der Waals surface area contributed by atoms with Gasteiger partial charge in [-0.1, -0.05) is 54.6 Å². The van der Waals surface area contributed by atoms with E-state index in [1.165, 1.54) is 24.3 Å². The van der Waals surface area contributed by atoms with Gasteiger partial charge in [-0.15, -0.1) is 0 Å². The van der Waals surface area contributed by atoms with Gasteiger partial charge in [-0.25, -0.2) is 9.18 Å². The fourth-order valence-electron chi connectivity index (χ4n) is 3.80. The Bertz CT molecular complexity index is 1280. The van der Waals surface area contributed by atoms with Crippen LogP contribution in [0.5, 0.6) is 5.75 Å². The number of rotatable bonds is 10. The van der Waals surface area contributed by atoms with Crippen LogP contribution in [0.15, 0.2) is 72.8 Å². The molecule has 0 bridgehead atoms. The minimum absolute atomic E-state index is 0.0938. The highest BCUT2D eigenvalue weighted by molar-refractivity contribution is 5.77. The van der Waals surface area contributed by atoms with Gasteiger partial charge in [0, 0.05) is 18.1 Å². The molecule has 0 saturated heterocycles. The summed E-state index contributed by atoms with van der Waals surface area (Å²) in [7, 11) is 0. The van der Waals surface area contributed by atoms with Crippen molar-refractivity contribution in [2.75, 3.05) is 6.54 Å². The van der Waals surface area contributed by atoms with Crippen molar-refractivity contribution in [3.05, 3.63) is 101 Å². The number of benzene rings is 3. The van der Waals surface area contributed by atoms with Gasteiger partial charge in [0.15, 0.2) is 0 Å². The van der Waals surface area contributed by atoms with Crippen molar-refractivity contribution in [3.63, 3.8) is 0 Å². The number of carbonyl (C=O) groups is 2. The molecular formula is C26H20F8N2O3. The van der Waals surface area contributed by atoms with Crippen LogP contribution in [0.2, 0.25) is 0 Å². The monoisotopic (exact) mass is 560 g/mol. The number of urea groups is 1. The van der Waals surface area contributed by atoms with Crippen LogP contribution in [-0.4, -0.2) is 37.6 Å². The number of hydrogen-bond acceptors (Lipinski definition) is 3. The van der Waals surface area contributed by atoms with E-state index in [4.69, 9.17) is 0 Å². The minimum atomic E-state index is -5.00. The molecule has 208 valence electrons. The van der Waals surface area contributed by atoms with E-state index in [0.717, 1.165) is 12.1 Å². The van der Waals surface area contributed by atoms with E-state index < -0.39 is 48.4 Å². The summed E-state index contributed by atoms with van der Waals surface area (Å²) in [5.74, 6) is -2.26. The molecular weight excluding hydrogens is 540 g/mol. The van der Waals surface area contributed by atoms with E-state index in [2.05, 4.69) is 10.1 Å². The first-order valence-electron chi connectivity index (χ1n) is 11.1. The van der Waals surface area contributed by atoms with Crippen molar-refractivity contribution in [1.29, 1.82) is 0 Å². The maximum atomic E-state index is 14.7. The van der Waals surface area contributed by atoms with E-state index in [1.807, 2.05) is 0 Å². The van der Waals surface area contributed by atoms with Crippen LogP contribution in [-0.2, 0) is 12.0 Å². The van der Waals surface area contributed by atoms with Gasteiger partial charge in [-0.2, -0.15) is 30.7 Å². The number of hydrogen-bond donors (Lipinski definition) is 2. The summed E-state index contributed by atoms with van der Waals surface area (Å²) in [6.07, 6.45) is -13.8. The fourth-order valence-corrected chi connectivity index (χ4v) is 3.80. The lowest BCUT2D eigenvalue weighted by atomic mass is 9.77. The summed E-state index contributed by atoms with van der Waals surface area (Å²) in [5, 5.41) is 4.00. The van der Waals surface area contributed by atoms with Crippen molar-refractivity contribution in [2.24, 2.45) is 0 Å². The van der Waals surface area contributed by atoms with Gasteiger partial charge in [-0.3, -0.25) is 4.79 Å². The number of nitrogens with one attached hydrogen (secondary N) is 2. The highest BCUT2D eigenvalue weighted by atomic mass is 19.4. The highest BCUT2D eigenvalue weighted by Crippen LogP contribution is 2.38. The minimum Gasteiger partial charge on any atom is -0.428 e. The molecule has 0 saturated carbocycles. The third-order valence-corrected chi connectivity index (χ3v) is 5.50. The highest BCUT2D eigenvalue weighted by Gasteiger charge is 2.45. The van der Waals surface area contributed by atoms with Gasteiger partial charge < -0.3 is 15.4 Å². The molecule has 3 aromatic carbocycles. The molecule has 0 aliphatic carbocycles. The summed E-state index contributed by atoms with van der Waals surface area (Å²) in [6, 6.07) is 13.8. The number of carbonyl (C=O) groups excluding carboxylic acids is 2. The Balaban J connectivity index is 2.23. The molecule has 0 spiro atoms. The van der Waals surface area contributed by atoms with Gasteiger partial charge in [0.1, 0.15) is 24.4 Å². The molecule has 0 aliphatic heterocycles. The van der Waals surface area contributed by atoms with Crippen LogP contribution in [0, 0.1) is 5.82 Å². The van der Waals surface area contributed by atoms with Crippen LogP contribution in [0.3, 0.4) is 0 Å². The fraction of sp³-hybridized carbons (Fsp3) is 0.231. The molecule has 0 aliphatic rings. The molecule has 1 atom stereocenters. The Morgan fingerprint density at radius 2 is 1.54 bits per heavy atom. The van der Waals surface area contributed by atoms with Crippen LogP contribution < -0.4 is 15.4 Å². The third-order valence-electron chi connectivity index (χ3n) is 5.50. The molecule has 2 N–H and O–H groups in total. The van der Waals surface area contributed by atoms with E-state index >= 15 is 0 Å². The SMILES string of the molecule is O=Cc1ccc(C(Cc2ccccc2)(NC(=O)NCC(F)(F)F)c2cc(F)cc(OC(F)(F)C(F)F)c2)cc1. The number of halogens is 8. The lowest BCUT2D eigenvalue weighted by Gasteiger charge is -2.37. The Kier molecular flexibility index (Phi) is 8.82. The van der Waals surface area contributed by atoms with Gasteiger partial charge >= 0.3 is 24.7 Å². The average molecular weight is 560 g/mol. The Morgan fingerprint density at radius 3 is 2.10 bits per heavy atom. The maximum Gasteiger partial charge on any atom is 0.461 e. The molecule has 1 unspecified atom stereocenters. The molecule has 5 nitrogen and oxygen atoms in total. The summed E-state index contributed by atoms with van der Waals surface area (Å²) in [5.41, 5.74) is -1.58. The Hall–Kier alpha value is -4.16. The molecule has 3 aromatic rings. The van der Waals surface area contributed by atoms with Crippen LogP contribution in [0.1, 0.15) is 27.0 Å². The zero-order valence-corrected chi connectivity index (χ0v) is 19.7. The van der Waals surface area contributed by atoms with Crippen molar-refractivity contribution < 1.29 is 49.4 Å². The summed E-state index contributed by atoms with van der Waals surface area (Å²) >= 11 is 0. The molecule has 0 heterocycles. The van der Waals surface area contributed by atoms with Gasteiger partial charge in [0.2, 0.25) is 0 Å². The van der Waals surface area contributed by atoms with Crippen LogP contribution in [0.25, 0.3) is 0 Å². The first kappa shape index (κ1) is 29.4. The van der Waals surface area contributed by atoms with Crippen molar-refractivity contribution in [3.8, 4) is 5.75 Å². The average Bonchev–Trinajstić information content (AvgIpc) is 2.86. The molecule has 0 fully saturated rings. The summed E-state index contributed by atoms with van der Waals surface area (Å²) in [4.78, 5) is 23.9. The van der Waals surface area contributed by atoms with E-state index in [0.29, 0.717) is 17.9 Å². The normalized spacial score (nSPS) is 13.5. The number of alkyl halides is 7. The Morgan fingerprint density at radius 1 is 0.897 bits per heavy atom. The maximum absolute atomic E-state index is 14.7. The van der Waals surface area contributed by atoms with E-state index in [9.17, 15) is 44.7 Å². The molecule has 13 heteroatoms. The number of amides is 2. The second kappa shape index (κ2) is 11.7. The first-order chi connectivity index (χ1) is 18.2. The first-order valence-corrected chi connectivity index (χ1v) is 11.1. The zero-order chi connectivity index (χ0) is 28.8. The predicted octanol–water partition coefficient (Wildman–Crippen LogP) is 6.22. The topological polar surface area (TPSA) is 67.4 Å². The summed E-state index contributed by atoms with van der Waals surface area (Å²) < 4.78 is 110. The predicted molar refractivity (Wildman–Crippen MR) is 123 cm³/mol. The van der Waals surface area contributed by atoms with Gasteiger partial charge in [0.05, 0.1) is 5.54 Å². The van der Waals surface area contributed by atoms with Crippen LogP contribution in [0.4, 0.5) is 39.9 Å². The quantitative estimate of drug-likeness (QED) is 0.229. The lowest BCUT2D eigenvalue weighted by molar-refractivity contribution is -0.253.